The number of aromatic nitrogens is 3. The van der Waals surface area contributed by atoms with Gasteiger partial charge in [-0.15, -0.1) is 23.7 Å². The van der Waals surface area contributed by atoms with Crippen LogP contribution in [-0.2, 0) is 17.5 Å². The summed E-state index contributed by atoms with van der Waals surface area (Å²) in [5.41, 5.74) is 1.19. The molecule has 6 nitrogen and oxygen atoms in total. The number of carboxylic acid groups (broad SMARTS) is 1. The van der Waals surface area contributed by atoms with Crippen LogP contribution >= 0.6 is 35.5 Å². The van der Waals surface area contributed by atoms with Gasteiger partial charge in [0.05, 0.1) is 17.8 Å². The fraction of sp³-hybridized carbons (Fsp3) is 0.263. The molecule has 0 radical (unpaired) electrons. The Morgan fingerprint density at radius 3 is 2.29 bits per heavy atom. The fourth-order valence-electron chi connectivity index (χ4n) is 2.27. The van der Waals surface area contributed by atoms with Gasteiger partial charge in [-0.25, -0.2) is 15.0 Å². The van der Waals surface area contributed by atoms with Crippen LogP contribution in [0.5, 0.6) is 0 Å². The standard InChI is InChI=1S/C19H17F3N4O2S2.ClH/c1-18(2,15(27)28)30-17-26-14(10-29-17)9-25-16-23-7-12(8-24-16)11-3-5-13(6-4-11)19(20,21)22;/h3-8,10H,9H2,1-2H3,(H,27,28)(H,23,24,25);1H. The summed E-state index contributed by atoms with van der Waals surface area (Å²) in [6.45, 7) is 3.58. The molecular weight excluding hydrogens is 473 g/mol. The Hall–Kier alpha value is -2.37. The first-order valence-electron chi connectivity index (χ1n) is 8.65. The van der Waals surface area contributed by atoms with Crippen molar-refractivity contribution in [2.75, 3.05) is 5.32 Å². The zero-order chi connectivity index (χ0) is 21.9. The van der Waals surface area contributed by atoms with E-state index in [1.54, 1.807) is 13.8 Å². The molecule has 0 saturated heterocycles. The van der Waals surface area contributed by atoms with Gasteiger partial charge in [-0.3, -0.25) is 4.79 Å². The van der Waals surface area contributed by atoms with E-state index in [0.717, 1.165) is 17.8 Å². The van der Waals surface area contributed by atoms with Crippen molar-refractivity contribution in [2.24, 2.45) is 0 Å². The van der Waals surface area contributed by atoms with E-state index in [9.17, 15) is 23.1 Å². The minimum absolute atomic E-state index is 0. The van der Waals surface area contributed by atoms with Crippen LogP contribution in [0.2, 0.25) is 0 Å². The van der Waals surface area contributed by atoms with Crippen LogP contribution in [0.15, 0.2) is 46.4 Å². The number of rotatable bonds is 7. The smallest absolute Gasteiger partial charge is 0.416 e. The Bertz CT molecular complexity index is 1030. The quantitative estimate of drug-likeness (QED) is 0.416. The van der Waals surface area contributed by atoms with Crippen molar-refractivity contribution in [2.45, 2.75) is 35.7 Å². The van der Waals surface area contributed by atoms with E-state index in [4.69, 9.17) is 0 Å². The van der Waals surface area contributed by atoms with E-state index < -0.39 is 22.5 Å². The van der Waals surface area contributed by atoms with Gasteiger partial charge >= 0.3 is 12.1 Å². The van der Waals surface area contributed by atoms with E-state index in [0.29, 0.717) is 28.0 Å². The molecule has 0 unspecified atom stereocenters. The van der Waals surface area contributed by atoms with Gasteiger partial charge < -0.3 is 10.4 Å². The number of nitrogens with zero attached hydrogens (tertiary/aromatic N) is 3. The van der Waals surface area contributed by atoms with Crippen molar-refractivity contribution in [1.29, 1.82) is 0 Å². The summed E-state index contributed by atoms with van der Waals surface area (Å²) in [5, 5.41) is 14.0. The molecule has 1 aromatic carbocycles. The zero-order valence-corrected chi connectivity index (χ0v) is 18.8. The third kappa shape index (κ3) is 6.55. The van der Waals surface area contributed by atoms with Crippen molar-refractivity contribution in [1.82, 2.24) is 15.0 Å². The summed E-state index contributed by atoms with van der Waals surface area (Å²) >= 11 is 2.54. The molecule has 31 heavy (non-hydrogen) atoms. The van der Waals surface area contributed by atoms with Crippen LogP contribution in [0.1, 0.15) is 25.1 Å². The average molecular weight is 491 g/mol. The highest BCUT2D eigenvalue weighted by molar-refractivity contribution is 8.02. The van der Waals surface area contributed by atoms with Crippen LogP contribution in [0.25, 0.3) is 11.1 Å². The molecule has 166 valence electrons. The third-order valence-corrected chi connectivity index (χ3v) is 6.19. The van der Waals surface area contributed by atoms with Gasteiger partial charge in [0.25, 0.3) is 0 Å². The van der Waals surface area contributed by atoms with Crippen molar-refractivity contribution < 1.29 is 23.1 Å². The summed E-state index contributed by atoms with van der Waals surface area (Å²) in [4.78, 5) is 24.0. The number of carbonyl (C=O) groups is 1. The van der Waals surface area contributed by atoms with Crippen LogP contribution in [0, 0.1) is 0 Å². The molecule has 0 atom stereocenters. The normalized spacial score (nSPS) is 11.6. The third-order valence-electron chi connectivity index (χ3n) is 4.01. The topological polar surface area (TPSA) is 88.0 Å². The number of nitrogens with one attached hydrogen (secondary N) is 1. The lowest BCUT2D eigenvalue weighted by molar-refractivity contribution is -0.139. The minimum atomic E-state index is -4.37. The molecule has 0 bridgehead atoms. The molecule has 0 spiro atoms. The largest absolute Gasteiger partial charge is 0.480 e. The number of anilines is 1. The lowest BCUT2D eigenvalue weighted by Crippen LogP contribution is -2.26. The Labute approximate surface area is 190 Å². The summed E-state index contributed by atoms with van der Waals surface area (Å²) < 4.78 is 37.6. The van der Waals surface area contributed by atoms with Crippen molar-refractivity contribution in [3.63, 3.8) is 0 Å². The Balaban J connectivity index is 0.00000341. The Kier molecular flexibility index (Phi) is 7.90. The molecule has 0 aliphatic heterocycles. The Morgan fingerprint density at radius 2 is 1.74 bits per heavy atom. The number of thiazole rings is 1. The van der Waals surface area contributed by atoms with Crippen molar-refractivity contribution in [3.05, 3.63) is 53.3 Å². The lowest BCUT2D eigenvalue weighted by Gasteiger charge is -2.15. The van der Waals surface area contributed by atoms with Gasteiger partial charge in [0.1, 0.15) is 4.75 Å². The first-order valence-corrected chi connectivity index (χ1v) is 10.3. The molecule has 0 saturated carbocycles. The first-order chi connectivity index (χ1) is 14.0. The molecule has 12 heteroatoms. The number of alkyl halides is 3. The van der Waals surface area contributed by atoms with Gasteiger partial charge in [-0.2, -0.15) is 13.2 Å². The number of carboxylic acids is 1. The van der Waals surface area contributed by atoms with Crippen LogP contribution in [0.3, 0.4) is 0 Å². The second kappa shape index (κ2) is 9.84. The van der Waals surface area contributed by atoms with Gasteiger partial charge in [-0.05, 0) is 31.5 Å². The predicted octanol–water partition coefficient (Wildman–Crippen LogP) is 5.61. The summed E-state index contributed by atoms with van der Waals surface area (Å²) in [6, 6.07) is 4.79. The van der Waals surface area contributed by atoms with E-state index in [-0.39, 0.29) is 12.4 Å². The number of thioether (sulfide) groups is 1. The van der Waals surface area contributed by atoms with Crippen molar-refractivity contribution >= 4 is 47.4 Å². The van der Waals surface area contributed by atoms with E-state index in [1.165, 1.54) is 47.6 Å². The monoisotopic (exact) mass is 490 g/mol. The molecule has 3 aromatic rings. The molecule has 0 amide bonds. The molecule has 2 aromatic heterocycles. The molecule has 0 aliphatic rings. The number of hydrogen-bond acceptors (Lipinski definition) is 7. The van der Waals surface area contributed by atoms with E-state index in [2.05, 4.69) is 20.3 Å². The summed E-state index contributed by atoms with van der Waals surface area (Å²) in [7, 11) is 0. The maximum Gasteiger partial charge on any atom is 0.416 e. The molecular formula is C19H18ClF3N4O2S2. The average Bonchev–Trinajstić information content (AvgIpc) is 3.13. The minimum Gasteiger partial charge on any atom is -0.480 e. The lowest BCUT2D eigenvalue weighted by atomic mass is 10.1. The van der Waals surface area contributed by atoms with Crippen LogP contribution in [-0.4, -0.2) is 30.8 Å². The highest BCUT2D eigenvalue weighted by Crippen LogP contribution is 2.35. The van der Waals surface area contributed by atoms with Crippen molar-refractivity contribution in [3.8, 4) is 11.1 Å². The van der Waals surface area contributed by atoms with E-state index >= 15 is 0 Å². The Morgan fingerprint density at radius 1 is 1.13 bits per heavy atom. The number of aliphatic carboxylic acids is 1. The number of hydrogen-bond donors (Lipinski definition) is 2. The predicted molar refractivity (Wildman–Crippen MR) is 117 cm³/mol. The number of halogens is 4. The summed E-state index contributed by atoms with van der Waals surface area (Å²) in [6.07, 6.45) is -1.33. The number of benzene rings is 1. The zero-order valence-electron chi connectivity index (χ0n) is 16.3. The van der Waals surface area contributed by atoms with Crippen LogP contribution < -0.4 is 5.32 Å². The molecule has 3 rings (SSSR count). The fourth-order valence-corrected chi connectivity index (χ4v) is 4.46. The van der Waals surface area contributed by atoms with Gasteiger partial charge in [-0.1, -0.05) is 23.9 Å². The second-order valence-electron chi connectivity index (χ2n) is 6.75. The van der Waals surface area contributed by atoms with Gasteiger partial charge in [0.2, 0.25) is 5.95 Å². The first kappa shape index (κ1) is 24.9. The SMILES string of the molecule is CC(C)(Sc1nc(CNc2ncc(-c3ccc(C(F)(F)F)cc3)cn2)cs1)C(=O)O.Cl. The molecule has 0 aliphatic carbocycles. The van der Waals surface area contributed by atoms with Crippen LogP contribution in [0.4, 0.5) is 19.1 Å². The summed E-state index contributed by atoms with van der Waals surface area (Å²) in [5.74, 6) is -0.567. The molecule has 2 N–H and O–H groups in total. The second-order valence-corrected chi connectivity index (χ2v) is 9.47. The van der Waals surface area contributed by atoms with Gasteiger partial charge in [0, 0.05) is 23.3 Å². The van der Waals surface area contributed by atoms with E-state index in [1.807, 2.05) is 5.38 Å². The maximum absolute atomic E-state index is 12.7. The highest BCUT2D eigenvalue weighted by atomic mass is 35.5. The molecule has 0 fully saturated rings. The molecule has 2 heterocycles. The van der Waals surface area contributed by atoms with Gasteiger partial charge in [0.15, 0.2) is 4.34 Å². The highest BCUT2D eigenvalue weighted by Gasteiger charge is 2.30. The maximum atomic E-state index is 12.7.